The van der Waals surface area contributed by atoms with E-state index in [0.717, 1.165) is 41.9 Å². The first-order chi connectivity index (χ1) is 15.4. The van der Waals surface area contributed by atoms with E-state index in [-0.39, 0.29) is 5.91 Å². The summed E-state index contributed by atoms with van der Waals surface area (Å²) in [5, 5.41) is 3.04. The summed E-state index contributed by atoms with van der Waals surface area (Å²) < 4.78 is 5.45. The number of ether oxygens (including phenoxy) is 1. The number of carbonyl (C=O) groups excluding carboxylic acids is 1. The van der Waals surface area contributed by atoms with Crippen LogP contribution in [0, 0.1) is 5.92 Å². The van der Waals surface area contributed by atoms with Gasteiger partial charge in [0.05, 0.1) is 12.7 Å². The summed E-state index contributed by atoms with van der Waals surface area (Å²) in [6.45, 7) is 14.1. The van der Waals surface area contributed by atoms with Crippen LogP contribution in [0.25, 0.3) is 5.70 Å². The molecular formula is C28H40N2O2. The van der Waals surface area contributed by atoms with E-state index in [9.17, 15) is 4.79 Å². The fourth-order valence-corrected chi connectivity index (χ4v) is 4.12. The van der Waals surface area contributed by atoms with Crippen molar-refractivity contribution in [2.75, 3.05) is 26.0 Å². The maximum atomic E-state index is 12.9. The van der Waals surface area contributed by atoms with Crippen LogP contribution in [-0.2, 0) is 12.8 Å². The maximum Gasteiger partial charge on any atom is 0.259 e. The Hall–Kier alpha value is -2.75. The van der Waals surface area contributed by atoms with Gasteiger partial charge in [0.2, 0.25) is 0 Å². The Labute approximate surface area is 194 Å². The highest BCUT2D eigenvalue weighted by Crippen LogP contribution is 2.27. The van der Waals surface area contributed by atoms with E-state index in [1.54, 1.807) is 7.11 Å². The number of aryl methyl sites for hydroxylation is 2. The molecule has 2 aromatic carbocycles. The SMILES string of the molecule is C=C(c1ccc(NC(=O)c2ccc(CC)cc2OC)cc1CC)N(C)CC(CC)CCC. The molecule has 4 heteroatoms. The van der Waals surface area contributed by atoms with Crippen molar-refractivity contribution in [3.05, 3.63) is 65.2 Å². The quantitative estimate of drug-likeness (QED) is 0.398. The molecule has 4 nitrogen and oxygen atoms in total. The predicted molar refractivity (Wildman–Crippen MR) is 136 cm³/mol. The van der Waals surface area contributed by atoms with E-state index in [0.29, 0.717) is 17.2 Å². The molecule has 32 heavy (non-hydrogen) atoms. The molecule has 174 valence electrons. The molecule has 0 saturated carbocycles. The van der Waals surface area contributed by atoms with Crippen molar-refractivity contribution in [1.82, 2.24) is 4.90 Å². The Morgan fingerprint density at radius 1 is 1.06 bits per heavy atom. The number of benzene rings is 2. The second-order valence-electron chi connectivity index (χ2n) is 8.46. The van der Waals surface area contributed by atoms with Crippen molar-refractivity contribution < 1.29 is 9.53 Å². The van der Waals surface area contributed by atoms with Crippen molar-refractivity contribution in [2.24, 2.45) is 5.92 Å². The van der Waals surface area contributed by atoms with Gasteiger partial charge in [0.15, 0.2) is 0 Å². The molecule has 1 atom stereocenters. The smallest absolute Gasteiger partial charge is 0.259 e. The zero-order valence-corrected chi connectivity index (χ0v) is 20.8. The molecule has 0 saturated heterocycles. The summed E-state index contributed by atoms with van der Waals surface area (Å²) in [6.07, 6.45) is 5.39. The van der Waals surface area contributed by atoms with E-state index < -0.39 is 0 Å². The van der Waals surface area contributed by atoms with Gasteiger partial charge >= 0.3 is 0 Å². The largest absolute Gasteiger partial charge is 0.496 e. The van der Waals surface area contributed by atoms with Gasteiger partial charge in [-0.25, -0.2) is 0 Å². The number of nitrogens with zero attached hydrogens (tertiary/aromatic N) is 1. The molecule has 0 fully saturated rings. The molecule has 2 aromatic rings. The van der Waals surface area contributed by atoms with Crippen molar-refractivity contribution in [1.29, 1.82) is 0 Å². The number of methoxy groups -OCH3 is 1. The average molecular weight is 437 g/mol. The molecule has 0 bridgehead atoms. The molecule has 1 N–H and O–H groups in total. The minimum absolute atomic E-state index is 0.166. The fourth-order valence-electron chi connectivity index (χ4n) is 4.12. The topological polar surface area (TPSA) is 41.6 Å². The van der Waals surface area contributed by atoms with E-state index >= 15 is 0 Å². The van der Waals surface area contributed by atoms with Gasteiger partial charge in [0.1, 0.15) is 5.75 Å². The number of hydrogen-bond acceptors (Lipinski definition) is 3. The molecule has 0 aliphatic carbocycles. The Morgan fingerprint density at radius 3 is 2.38 bits per heavy atom. The monoisotopic (exact) mass is 436 g/mol. The first-order valence-electron chi connectivity index (χ1n) is 11.9. The lowest BCUT2D eigenvalue weighted by molar-refractivity contribution is 0.102. The fraction of sp³-hybridized carbons (Fsp3) is 0.464. The van der Waals surface area contributed by atoms with Crippen molar-refractivity contribution in [2.45, 2.75) is 59.8 Å². The Balaban J connectivity index is 2.20. The van der Waals surface area contributed by atoms with Crippen molar-refractivity contribution in [3.8, 4) is 5.75 Å². The normalized spacial score (nSPS) is 11.7. The highest BCUT2D eigenvalue weighted by Gasteiger charge is 2.16. The highest BCUT2D eigenvalue weighted by atomic mass is 16.5. The predicted octanol–water partition coefficient (Wildman–Crippen LogP) is 6.80. The summed E-state index contributed by atoms with van der Waals surface area (Å²) in [6, 6.07) is 11.8. The lowest BCUT2D eigenvalue weighted by Crippen LogP contribution is -2.24. The lowest BCUT2D eigenvalue weighted by atomic mass is 9.98. The summed E-state index contributed by atoms with van der Waals surface area (Å²) in [4.78, 5) is 15.2. The zero-order valence-electron chi connectivity index (χ0n) is 20.8. The standard InChI is InChI=1S/C28H40N2O2/c1-8-12-22(10-3)19-30(6)20(5)25-16-14-24(18-23(25)11-4)29-28(31)26-15-13-21(9-2)17-27(26)32-7/h13-18,22H,5,8-12,19H2,1-4,6-7H3,(H,29,31). The third-order valence-electron chi connectivity index (χ3n) is 6.24. The van der Waals surface area contributed by atoms with E-state index in [2.05, 4.69) is 63.7 Å². The Morgan fingerprint density at radius 2 is 1.78 bits per heavy atom. The van der Waals surface area contributed by atoms with Gasteiger partial charge in [-0.3, -0.25) is 4.79 Å². The first-order valence-corrected chi connectivity index (χ1v) is 11.9. The van der Waals surface area contributed by atoms with Crippen LogP contribution in [0.1, 0.15) is 74.0 Å². The molecule has 0 aromatic heterocycles. The molecule has 0 spiro atoms. The van der Waals surface area contributed by atoms with Crippen molar-refractivity contribution >= 4 is 17.3 Å². The number of hydrogen-bond donors (Lipinski definition) is 1. The van der Waals surface area contributed by atoms with Gasteiger partial charge in [-0.15, -0.1) is 0 Å². The van der Waals surface area contributed by atoms with Gasteiger partial charge in [0.25, 0.3) is 5.91 Å². The number of carbonyl (C=O) groups is 1. The third kappa shape index (κ3) is 6.38. The summed E-state index contributed by atoms with van der Waals surface area (Å²) >= 11 is 0. The molecule has 0 heterocycles. The molecule has 0 aliphatic heterocycles. The van der Waals surface area contributed by atoms with Crippen LogP contribution in [0.2, 0.25) is 0 Å². The van der Waals surface area contributed by atoms with Gasteiger partial charge in [-0.1, -0.05) is 59.2 Å². The third-order valence-corrected chi connectivity index (χ3v) is 6.24. The Kier molecular flexibility index (Phi) is 9.83. The molecule has 2 rings (SSSR count). The van der Waals surface area contributed by atoms with E-state index in [1.165, 1.54) is 24.8 Å². The first kappa shape index (κ1) is 25.5. The van der Waals surface area contributed by atoms with Crippen LogP contribution in [0.4, 0.5) is 5.69 Å². The molecule has 1 amide bonds. The van der Waals surface area contributed by atoms with Crippen LogP contribution in [0.3, 0.4) is 0 Å². The van der Waals surface area contributed by atoms with Crippen LogP contribution < -0.4 is 10.1 Å². The van der Waals surface area contributed by atoms with Gasteiger partial charge in [0, 0.05) is 30.5 Å². The molecule has 1 unspecified atom stereocenters. The molecule has 0 aliphatic rings. The summed E-state index contributed by atoms with van der Waals surface area (Å²) in [5.74, 6) is 1.11. The maximum absolute atomic E-state index is 12.9. The van der Waals surface area contributed by atoms with Crippen LogP contribution >= 0.6 is 0 Å². The average Bonchev–Trinajstić information content (AvgIpc) is 2.82. The van der Waals surface area contributed by atoms with Crippen LogP contribution in [0.15, 0.2) is 43.0 Å². The van der Waals surface area contributed by atoms with Crippen LogP contribution in [-0.4, -0.2) is 31.5 Å². The molecular weight excluding hydrogens is 396 g/mol. The van der Waals surface area contributed by atoms with Gasteiger partial charge in [-0.05, 0) is 60.6 Å². The number of rotatable bonds is 12. The van der Waals surface area contributed by atoms with E-state index in [1.807, 2.05) is 24.3 Å². The van der Waals surface area contributed by atoms with Gasteiger partial charge in [-0.2, -0.15) is 0 Å². The lowest BCUT2D eigenvalue weighted by Gasteiger charge is -2.28. The second-order valence-corrected chi connectivity index (χ2v) is 8.46. The molecule has 0 radical (unpaired) electrons. The minimum Gasteiger partial charge on any atom is -0.496 e. The number of anilines is 1. The summed E-state index contributed by atoms with van der Waals surface area (Å²) in [5.41, 5.74) is 5.82. The van der Waals surface area contributed by atoms with Crippen LogP contribution in [0.5, 0.6) is 5.75 Å². The number of nitrogens with one attached hydrogen (secondary N) is 1. The highest BCUT2D eigenvalue weighted by molar-refractivity contribution is 6.06. The van der Waals surface area contributed by atoms with Crippen molar-refractivity contribution in [3.63, 3.8) is 0 Å². The summed E-state index contributed by atoms with van der Waals surface area (Å²) in [7, 11) is 3.73. The van der Waals surface area contributed by atoms with E-state index in [4.69, 9.17) is 4.74 Å². The number of amides is 1. The minimum atomic E-state index is -0.166. The second kappa shape index (κ2) is 12.3. The zero-order chi connectivity index (χ0) is 23.7. The van der Waals surface area contributed by atoms with Gasteiger partial charge < -0.3 is 15.0 Å². The Bertz CT molecular complexity index is 920.